The van der Waals surface area contributed by atoms with Crippen LogP contribution in [0.25, 0.3) is 0 Å². The Hall–Kier alpha value is -0.810. The van der Waals surface area contributed by atoms with Crippen molar-refractivity contribution in [1.29, 1.82) is 0 Å². The Morgan fingerprint density at radius 3 is 2.71 bits per heavy atom. The summed E-state index contributed by atoms with van der Waals surface area (Å²) in [6, 6.07) is 1.99. The van der Waals surface area contributed by atoms with Gasteiger partial charge in [0.15, 0.2) is 0 Å². The van der Waals surface area contributed by atoms with Crippen LogP contribution >= 0.6 is 11.8 Å². The van der Waals surface area contributed by atoms with Gasteiger partial charge in [-0.05, 0) is 32.3 Å². The fourth-order valence-corrected chi connectivity index (χ4v) is 1.99. The molecular weight excluding hydrogens is 232 g/mol. The molecule has 0 atom stereocenters. The lowest BCUT2D eigenvalue weighted by molar-refractivity contribution is 0.303. The van der Waals surface area contributed by atoms with Gasteiger partial charge in [0.1, 0.15) is 17.2 Å². The van der Waals surface area contributed by atoms with Crippen LogP contribution in [0, 0.1) is 0 Å². The topological polar surface area (TPSA) is 41.0 Å². The molecule has 0 saturated heterocycles. The molecule has 1 heterocycles. The van der Waals surface area contributed by atoms with Crippen LogP contribution in [0.5, 0.6) is 0 Å². The van der Waals surface area contributed by atoms with Crippen LogP contribution < -0.4 is 5.32 Å². The second kappa shape index (κ2) is 8.31. The van der Waals surface area contributed by atoms with Crippen molar-refractivity contribution in [1.82, 2.24) is 14.9 Å². The molecule has 0 bridgehead atoms. The van der Waals surface area contributed by atoms with E-state index in [-0.39, 0.29) is 0 Å². The minimum absolute atomic E-state index is 0.920. The molecule has 0 aliphatic carbocycles. The van der Waals surface area contributed by atoms with E-state index < -0.39 is 0 Å². The first-order chi connectivity index (χ1) is 8.30. The van der Waals surface area contributed by atoms with Crippen LogP contribution in [-0.4, -0.2) is 47.3 Å². The number of nitrogens with zero attached hydrogens (tertiary/aromatic N) is 3. The largest absolute Gasteiger partial charge is 0.370 e. The molecular formula is C12H22N4S. The predicted molar refractivity (Wildman–Crippen MR) is 74.7 cm³/mol. The number of rotatable bonds is 8. The average Bonchev–Trinajstić information content (AvgIpc) is 2.39. The summed E-state index contributed by atoms with van der Waals surface area (Å²) >= 11 is 1.63. The number of hydrogen-bond donors (Lipinski definition) is 1. The molecule has 0 aliphatic rings. The maximum absolute atomic E-state index is 4.20. The van der Waals surface area contributed by atoms with Gasteiger partial charge in [0, 0.05) is 12.6 Å². The van der Waals surface area contributed by atoms with Crippen LogP contribution in [0.3, 0.4) is 0 Å². The van der Waals surface area contributed by atoms with Crippen LogP contribution in [0.2, 0.25) is 0 Å². The van der Waals surface area contributed by atoms with Gasteiger partial charge in [0.05, 0.1) is 0 Å². The fourth-order valence-electron chi connectivity index (χ4n) is 1.61. The van der Waals surface area contributed by atoms with E-state index in [2.05, 4.69) is 34.0 Å². The SMILES string of the molecule is CCN(CC)CCCNc1cc(SC)ncn1. The highest BCUT2D eigenvalue weighted by Gasteiger charge is 1.99. The molecule has 0 fully saturated rings. The monoisotopic (exact) mass is 254 g/mol. The zero-order valence-electron chi connectivity index (χ0n) is 10.9. The van der Waals surface area contributed by atoms with Crippen molar-refractivity contribution in [3.8, 4) is 0 Å². The van der Waals surface area contributed by atoms with E-state index in [1.165, 1.54) is 0 Å². The Labute approximate surface area is 108 Å². The molecule has 17 heavy (non-hydrogen) atoms. The molecule has 0 unspecified atom stereocenters. The summed E-state index contributed by atoms with van der Waals surface area (Å²) in [6.07, 6.45) is 4.77. The lowest BCUT2D eigenvalue weighted by Crippen LogP contribution is -2.25. The summed E-state index contributed by atoms with van der Waals surface area (Å²) in [7, 11) is 0. The van der Waals surface area contributed by atoms with Gasteiger partial charge in [-0.1, -0.05) is 13.8 Å². The van der Waals surface area contributed by atoms with Gasteiger partial charge in [0.2, 0.25) is 0 Å². The van der Waals surface area contributed by atoms with Gasteiger partial charge in [0.25, 0.3) is 0 Å². The maximum Gasteiger partial charge on any atom is 0.130 e. The van der Waals surface area contributed by atoms with Crippen molar-refractivity contribution in [3.05, 3.63) is 12.4 Å². The number of aromatic nitrogens is 2. The van der Waals surface area contributed by atoms with Crippen molar-refractivity contribution in [2.24, 2.45) is 0 Å². The van der Waals surface area contributed by atoms with E-state index in [0.717, 1.165) is 43.4 Å². The van der Waals surface area contributed by atoms with Gasteiger partial charge < -0.3 is 10.2 Å². The third-order valence-electron chi connectivity index (χ3n) is 2.70. The van der Waals surface area contributed by atoms with Crippen LogP contribution in [0.1, 0.15) is 20.3 Å². The highest BCUT2D eigenvalue weighted by Crippen LogP contribution is 2.13. The van der Waals surface area contributed by atoms with Crippen LogP contribution in [0.4, 0.5) is 5.82 Å². The molecule has 1 rings (SSSR count). The molecule has 0 radical (unpaired) electrons. The smallest absolute Gasteiger partial charge is 0.130 e. The zero-order chi connectivity index (χ0) is 12.5. The molecule has 0 aromatic carbocycles. The molecule has 0 saturated carbocycles. The summed E-state index contributed by atoms with van der Waals surface area (Å²) in [5, 5.41) is 4.34. The van der Waals surface area contributed by atoms with E-state index in [1.807, 2.05) is 12.3 Å². The Kier molecular flexibility index (Phi) is 6.96. The first-order valence-corrected chi connectivity index (χ1v) is 7.34. The minimum Gasteiger partial charge on any atom is -0.370 e. The maximum atomic E-state index is 4.20. The minimum atomic E-state index is 0.920. The zero-order valence-corrected chi connectivity index (χ0v) is 11.8. The van der Waals surface area contributed by atoms with Gasteiger partial charge in [-0.25, -0.2) is 9.97 Å². The number of nitrogens with one attached hydrogen (secondary N) is 1. The van der Waals surface area contributed by atoms with Crippen molar-refractivity contribution in [2.45, 2.75) is 25.3 Å². The molecule has 0 spiro atoms. The van der Waals surface area contributed by atoms with Gasteiger partial charge in [-0.2, -0.15) is 0 Å². The first-order valence-electron chi connectivity index (χ1n) is 6.12. The highest BCUT2D eigenvalue weighted by atomic mass is 32.2. The van der Waals surface area contributed by atoms with Crippen molar-refractivity contribution in [2.75, 3.05) is 37.8 Å². The third-order valence-corrected chi connectivity index (χ3v) is 3.34. The predicted octanol–water partition coefficient (Wildman–Crippen LogP) is 2.34. The molecule has 1 N–H and O–H groups in total. The summed E-state index contributed by atoms with van der Waals surface area (Å²) in [4.78, 5) is 10.8. The second-order valence-corrected chi connectivity index (χ2v) is 4.58. The second-order valence-electron chi connectivity index (χ2n) is 3.75. The Bertz CT molecular complexity index is 315. The van der Waals surface area contributed by atoms with E-state index in [9.17, 15) is 0 Å². The third kappa shape index (κ3) is 5.37. The lowest BCUT2D eigenvalue weighted by atomic mass is 10.3. The van der Waals surface area contributed by atoms with E-state index in [0.29, 0.717) is 0 Å². The van der Waals surface area contributed by atoms with E-state index in [4.69, 9.17) is 0 Å². The highest BCUT2D eigenvalue weighted by molar-refractivity contribution is 7.98. The summed E-state index contributed by atoms with van der Waals surface area (Å²) < 4.78 is 0. The molecule has 1 aromatic rings. The lowest BCUT2D eigenvalue weighted by Gasteiger charge is -2.17. The van der Waals surface area contributed by atoms with Crippen LogP contribution in [-0.2, 0) is 0 Å². The van der Waals surface area contributed by atoms with E-state index in [1.54, 1.807) is 18.1 Å². The Morgan fingerprint density at radius 2 is 2.06 bits per heavy atom. The number of thioether (sulfide) groups is 1. The first kappa shape index (κ1) is 14.3. The van der Waals surface area contributed by atoms with Crippen molar-refractivity contribution in [3.63, 3.8) is 0 Å². The normalized spacial score (nSPS) is 10.8. The molecule has 4 nitrogen and oxygen atoms in total. The molecule has 1 aromatic heterocycles. The summed E-state index contributed by atoms with van der Waals surface area (Å²) in [5.41, 5.74) is 0. The summed E-state index contributed by atoms with van der Waals surface area (Å²) in [5.74, 6) is 0.920. The van der Waals surface area contributed by atoms with Crippen molar-refractivity contribution < 1.29 is 0 Å². The quantitative estimate of drug-likeness (QED) is 0.438. The fraction of sp³-hybridized carbons (Fsp3) is 0.667. The Balaban J connectivity index is 2.26. The van der Waals surface area contributed by atoms with Crippen LogP contribution in [0.15, 0.2) is 17.4 Å². The van der Waals surface area contributed by atoms with Crippen molar-refractivity contribution >= 4 is 17.6 Å². The molecule has 96 valence electrons. The van der Waals surface area contributed by atoms with Gasteiger partial charge >= 0.3 is 0 Å². The average molecular weight is 254 g/mol. The van der Waals surface area contributed by atoms with E-state index >= 15 is 0 Å². The summed E-state index contributed by atoms with van der Waals surface area (Å²) in [6.45, 7) is 8.75. The van der Waals surface area contributed by atoms with Gasteiger partial charge in [-0.3, -0.25) is 0 Å². The van der Waals surface area contributed by atoms with Gasteiger partial charge in [-0.15, -0.1) is 11.8 Å². The standard InChI is InChI=1S/C12H22N4S/c1-4-16(5-2)8-6-7-13-11-9-12(17-3)15-10-14-11/h9-10H,4-8H2,1-3H3,(H,13,14,15). The number of anilines is 1. The molecule has 0 aliphatic heterocycles. The molecule has 5 heteroatoms. The number of hydrogen-bond acceptors (Lipinski definition) is 5. The Morgan fingerprint density at radius 1 is 1.29 bits per heavy atom. The molecule has 0 amide bonds.